The van der Waals surface area contributed by atoms with E-state index < -0.39 is 11.6 Å². The SMILES string of the molecule is O=C(COC[C@H]1CCCO1)N[C@@H]1CCN(c2ccc(F)cc2F)C1. The fourth-order valence-electron chi connectivity index (χ4n) is 3.16. The molecule has 1 aromatic rings. The zero-order valence-electron chi connectivity index (χ0n) is 13.5. The summed E-state index contributed by atoms with van der Waals surface area (Å²) in [6.07, 6.45) is 2.83. The molecule has 5 nitrogen and oxygen atoms in total. The number of nitrogens with one attached hydrogen (secondary N) is 1. The van der Waals surface area contributed by atoms with Crippen molar-refractivity contribution in [2.24, 2.45) is 0 Å². The Morgan fingerprint density at radius 1 is 1.38 bits per heavy atom. The van der Waals surface area contributed by atoms with Gasteiger partial charge in [-0.15, -0.1) is 0 Å². The molecule has 2 saturated heterocycles. The van der Waals surface area contributed by atoms with Gasteiger partial charge in [0.2, 0.25) is 5.91 Å². The van der Waals surface area contributed by atoms with Crippen molar-refractivity contribution in [1.29, 1.82) is 0 Å². The number of halogens is 2. The maximum absolute atomic E-state index is 13.8. The predicted molar refractivity (Wildman–Crippen MR) is 84.9 cm³/mol. The number of hydrogen-bond donors (Lipinski definition) is 1. The van der Waals surface area contributed by atoms with Gasteiger partial charge in [0, 0.05) is 31.8 Å². The van der Waals surface area contributed by atoms with Crippen LogP contribution >= 0.6 is 0 Å². The van der Waals surface area contributed by atoms with Gasteiger partial charge in [-0.2, -0.15) is 0 Å². The molecule has 0 saturated carbocycles. The molecule has 0 radical (unpaired) electrons. The number of nitrogens with zero attached hydrogens (tertiary/aromatic N) is 1. The summed E-state index contributed by atoms with van der Waals surface area (Å²) in [6.45, 7) is 2.31. The molecule has 1 amide bonds. The fraction of sp³-hybridized carbons (Fsp3) is 0.588. The number of amides is 1. The van der Waals surface area contributed by atoms with E-state index in [2.05, 4.69) is 5.32 Å². The number of anilines is 1. The van der Waals surface area contributed by atoms with Crippen LogP contribution in [-0.2, 0) is 14.3 Å². The van der Waals surface area contributed by atoms with Crippen molar-refractivity contribution in [3.8, 4) is 0 Å². The third-order valence-electron chi connectivity index (χ3n) is 4.36. The normalized spacial score (nSPS) is 23.7. The minimum atomic E-state index is -0.594. The van der Waals surface area contributed by atoms with Gasteiger partial charge in [-0.25, -0.2) is 8.78 Å². The van der Waals surface area contributed by atoms with Gasteiger partial charge in [0.25, 0.3) is 0 Å². The molecule has 0 spiro atoms. The quantitative estimate of drug-likeness (QED) is 0.859. The molecule has 0 aliphatic carbocycles. The zero-order chi connectivity index (χ0) is 16.9. The van der Waals surface area contributed by atoms with Gasteiger partial charge >= 0.3 is 0 Å². The lowest BCUT2D eigenvalue weighted by atomic mass is 10.2. The Labute approximate surface area is 139 Å². The van der Waals surface area contributed by atoms with Crippen LogP contribution in [0.15, 0.2) is 18.2 Å². The summed E-state index contributed by atoms with van der Waals surface area (Å²) in [5, 5.41) is 2.89. The van der Waals surface area contributed by atoms with Gasteiger partial charge in [0.15, 0.2) is 0 Å². The van der Waals surface area contributed by atoms with Crippen LogP contribution in [0.1, 0.15) is 19.3 Å². The standard InChI is InChI=1S/C17H22F2N2O3/c18-12-3-4-16(15(19)8-12)21-6-5-13(9-21)20-17(22)11-23-10-14-2-1-7-24-14/h3-4,8,13-14H,1-2,5-7,9-11H2,(H,20,22)/t13-,14-/m1/s1. The van der Waals surface area contributed by atoms with Gasteiger partial charge in [0.1, 0.15) is 18.2 Å². The summed E-state index contributed by atoms with van der Waals surface area (Å²) >= 11 is 0. The molecule has 7 heteroatoms. The molecular weight excluding hydrogens is 318 g/mol. The lowest BCUT2D eigenvalue weighted by molar-refractivity contribution is -0.127. The van der Waals surface area contributed by atoms with E-state index >= 15 is 0 Å². The maximum atomic E-state index is 13.8. The molecule has 132 valence electrons. The van der Waals surface area contributed by atoms with Gasteiger partial charge in [-0.3, -0.25) is 4.79 Å². The molecule has 24 heavy (non-hydrogen) atoms. The van der Waals surface area contributed by atoms with E-state index in [4.69, 9.17) is 9.47 Å². The Balaban J connectivity index is 1.41. The molecule has 2 aliphatic heterocycles. The van der Waals surface area contributed by atoms with E-state index in [-0.39, 0.29) is 24.7 Å². The first-order valence-corrected chi connectivity index (χ1v) is 8.30. The number of carbonyl (C=O) groups excluding carboxylic acids is 1. The Hall–Kier alpha value is -1.73. The largest absolute Gasteiger partial charge is 0.376 e. The number of hydrogen-bond acceptors (Lipinski definition) is 4. The van der Waals surface area contributed by atoms with Crippen molar-refractivity contribution in [3.05, 3.63) is 29.8 Å². The van der Waals surface area contributed by atoms with Crippen molar-refractivity contribution in [2.75, 3.05) is 37.8 Å². The molecule has 2 atom stereocenters. The van der Waals surface area contributed by atoms with Gasteiger partial charge in [0.05, 0.1) is 18.4 Å². The van der Waals surface area contributed by atoms with Crippen molar-refractivity contribution in [1.82, 2.24) is 5.32 Å². The summed E-state index contributed by atoms with van der Waals surface area (Å²) in [5.74, 6) is -1.36. The molecule has 1 aromatic carbocycles. The minimum absolute atomic E-state index is 0.00126. The number of rotatable bonds is 6. The lowest BCUT2D eigenvalue weighted by Crippen LogP contribution is -2.39. The van der Waals surface area contributed by atoms with Crippen LogP contribution in [0.2, 0.25) is 0 Å². The summed E-state index contributed by atoms with van der Waals surface area (Å²) in [4.78, 5) is 13.7. The van der Waals surface area contributed by atoms with E-state index in [0.717, 1.165) is 25.5 Å². The second-order valence-electron chi connectivity index (χ2n) is 6.25. The number of carbonyl (C=O) groups is 1. The summed E-state index contributed by atoms with van der Waals surface area (Å²) in [7, 11) is 0. The van der Waals surface area contributed by atoms with Crippen LogP contribution in [0.25, 0.3) is 0 Å². The van der Waals surface area contributed by atoms with E-state index in [1.807, 2.05) is 4.90 Å². The van der Waals surface area contributed by atoms with Crippen LogP contribution in [-0.4, -0.2) is 51.0 Å². The molecule has 1 N–H and O–H groups in total. The molecule has 0 unspecified atom stereocenters. The molecule has 2 aliphatic rings. The highest BCUT2D eigenvalue weighted by Crippen LogP contribution is 2.24. The molecule has 0 aromatic heterocycles. The van der Waals surface area contributed by atoms with Gasteiger partial charge < -0.3 is 19.7 Å². The Morgan fingerprint density at radius 3 is 3.00 bits per heavy atom. The monoisotopic (exact) mass is 340 g/mol. The van der Waals surface area contributed by atoms with Crippen molar-refractivity contribution in [2.45, 2.75) is 31.4 Å². The molecule has 3 rings (SSSR count). The molecule has 0 bridgehead atoms. The second kappa shape index (κ2) is 7.90. The Bertz CT molecular complexity index is 579. The van der Waals surface area contributed by atoms with Gasteiger partial charge in [-0.1, -0.05) is 0 Å². The highest BCUT2D eigenvalue weighted by molar-refractivity contribution is 5.77. The lowest BCUT2D eigenvalue weighted by Gasteiger charge is -2.19. The van der Waals surface area contributed by atoms with Crippen LogP contribution in [0, 0.1) is 11.6 Å². The van der Waals surface area contributed by atoms with Crippen molar-refractivity contribution >= 4 is 11.6 Å². The summed E-state index contributed by atoms with van der Waals surface area (Å²) < 4.78 is 37.6. The highest BCUT2D eigenvalue weighted by Gasteiger charge is 2.26. The highest BCUT2D eigenvalue weighted by atomic mass is 19.1. The first kappa shape index (κ1) is 17.1. The van der Waals surface area contributed by atoms with E-state index in [0.29, 0.717) is 31.8 Å². The second-order valence-corrected chi connectivity index (χ2v) is 6.25. The number of ether oxygens (including phenoxy) is 2. The molecule has 2 heterocycles. The summed E-state index contributed by atoms with van der Waals surface area (Å²) in [6, 6.07) is 3.48. The van der Waals surface area contributed by atoms with Crippen LogP contribution in [0.4, 0.5) is 14.5 Å². The Kier molecular flexibility index (Phi) is 5.63. The van der Waals surface area contributed by atoms with E-state index in [9.17, 15) is 13.6 Å². The third kappa shape index (κ3) is 4.42. The maximum Gasteiger partial charge on any atom is 0.246 e. The number of benzene rings is 1. The van der Waals surface area contributed by atoms with Crippen LogP contribution in [0.5, 0.6) is 0 Å². The first-order valence-electron chi connectivity index (χ1n) is 8.30. The van der Waals surface area contributed by atoms with Crippen molar-refractivity contribution in [3.63, 3.8) is 0 Å². The van der Waals surface area contributed by atoms with Crippen LogP contribution < -0.4 is 10.2 Å². The Morgan fingerprint density at radius 2 is 2.25 bits per heavy atom. The molecular formula is C17H22F2N2O3. The smallest absolute Gasteiger partial charge is 0.246 e. The molecule has 2 fully saturated rings. The van der Waals surface area contributed by atoms with E-state index in [1.165, 1.54) is 12.1 Å². The average molecular weight is 340 g/mol. The summed E-state index contributed by atoms with van der Waals surface area (Å²) in [5.41, 5.74) is 0.364. The predicted octanol–water partition coefficient (Wildman–Crippen LogP) is 1.86. The zero-order valence-corrected chi connectivity index (χ0v) is 13.5. The first-order chi connectivity index (χ1) is 11.6. The van der Waals surface area contributed by atoms with Crippen LogP contribution in [0.3, 0.4) is 0 Å². The van der Waals surface area contributed by atoms with Gasteiger partial charge in [-0.05, 0) is 31.4 Å². The topological polar surface area (TPSA) is 50.8 Å². The minimum Gasteiger partial charge on any atom is -0.376 e. The average Bonchev–Trinajstić information content (AvgIpc) is 3.19. The third-order valence-corrected chi connectivity index (χ3v) is 4.36. The van der Waals surface area contributed by atoms with E-state index in [1.54, 1.807) is 0 Å². The van der Waals surface area contributed by atoms with Crippen molar-refractivity contribution < 1.29 is 23.0 Å². The fourth-order valence-corrected chi connectivity index (χ4v) is 3.16.